The van der Waals surface area contributed by atoms with Gasteiger partial charge in [-0.05, 0) is 24.0 Å². The second-order valence-corrected chi connectivity index (χ2v) is 17.2. The molecule has 3 N–H and O–H groups in total. The van der Waals surface area contributed by atoms with Gasteiger partial charge in [-0.25, -0.2) is 4.79 Å². The van der Waals surface area contributed by atoms with Gasteiger partial charge in [-0.15, -0.1) is 10.2 Å². The van der Waals surface area contributed by atoms with E-state index in [0.29, 0.717) is 22.1 Å². The van der Waals surface area contributed by atoms with Gasteiger partial charge in [0, 0.05) is 33.1 Å². The van der Waals surface area contributed by atoms with Crippen molar-refractivity contribution in [3.05, 3.63) is 201 Å². The Morgan fingerprint density at radius 3 is 1.87 bits per heavy atom. The average Bonchev–Trinajstić information content (AvgIpc) is 4.01. The Morgan fingerprint density at radius 1 is 0.823 bits per heavy atom. The Bertz CT molecular complexity index is 2600. The highest BCUT2D eigenvalue weighted by Gasteiger charge is 2.54. The molecule has 0 saturated carbocycles. The first kappa shape index (κ1) is 40.4. The number of carbonyl (C=O) groups excluding carboxylic acids is 3. The Morgan fingerprint density at radius 2 is 1.37 bits per heavy atom. The van der Waals surface area contributed by atoms with Crippen LogP contribution in [0.2, 0.25) is 0 Å². The maximum atomic E-state index is 14.5. The van der Waals surface area contributed by atoms with Crippen LogP contribution in [0.5, 0.6) is 0 Å². The SMILES string of the molecule is Nc1nc(C(=NOC(c2ccccc2)(c2ccccc2)c2ccccc2)C(=O)NC2C(=O)N3C(C(=O)OC(c4ccccc4)c4ccccc4)=C(Sc4nncs4)CCC23)ns1. The molecular formula is C46H36N8O5S3. The van der Waals surface area contributed by atoms with Crippen LogP contribution in [0.3, 0.4) is 0 Å². The van der Waals surface area contributed by atoms with E-state index in [1.807, 2.05) is 152 Å². The van der Waals surface area contributed by atoms with Gasteiger partial charge in [0.15, 0.2) is 15.6 Å². The van der Waals surface area contributed by atoms with E-state index in [-0.39, 0.29) is 22.4 Å². The number of ether oxygens (including phenoxy) is 1. The smallest absolute Gasteiger partial charge is 0.356 e. The van der Waals surface area contributed by atoms with Crippen LogP contribution in [-0.2, 0) is 29.6 Å². The Balaban J connectivity index is 1.04. The lowest BCUT2D eigenvalue weighted by Crippen LogP contribution is -2.72. The zero-order chi connectivity index (χ0) is 42.5. The molecule has 0 bridgehead atoms. The summed E-state index contributed by atoms with van der Waals surface area (Å²) >= 11 is 3.49. The Kier molecular flexibility index (Phi) is 11.7. The normalized spacial score (nSPS) is 16.4. The fraction of sp³-hybridized carbons (Fsp3) is 0.130. The molecule has 13 nitrogen and oxygen atoms in total. The Labute approximate surface area is 368 Å². The molecule has 4 heterocycles. The molecule has 1 saturated heterocycles. The van der Waals surface area contributed by atoms with Crippen molar-refractivity contribution in [3.63, 3.8) is 0 Å². The summed E-state index contributed by atoms with van der Waals surface area (Å²) in [7, 11) is 0. The lowest BCUT2D eigenvalue weighted by atomic mass is 9.80. The van der Waals surface area contributed by atoms with Crippen LogP contribution in [0.1, 0.15) is 52.6 Å². The van der Waals surface area contributed by atoms with Gasteiger partial charge in [0.2, 0.25) is 17.1 Å². The third-order valence-corrected chi connectivity index (χ3v) is 13.0. The lowest BCUT2D eigenvalue weighted by Gasteiger charge is -2.50. The highest BCUT2D eigenvalue weighted by Crippen LogP contribution is 2.45. The molecule has 2 amide bonds. The van der Waals surface area contributed by atoms with Crippen LogP contribution >= 0.6 is 34.6 Å². The molecule has 2 aliphatic heterocycles. The first-order valence-electron chi connectivity index (χ1n) is 19.5. The highest BCUT2D eigenvalue weighted by molar-refractivity contribution is 8.04. The lowest BCUT2D eigenvalue weighted by molar-refractivity contribution is -0.158. The van der Waals surface area contributed by atoms with Crippen molar-refractivity contribution in [3.8, 4) is 0 Å². The van der Waals surface area contributed by atoms with Gasteiger partial charge in [0.1, 0.15) is 17.2 Å². The second kappa shape index (κ2) is 17.9. The number of benzene rings is 5. The van der Waals surface area contributed by atoms with E-state index >= 15 is 0 Å². The number of anilines is 1. The van der Waals surface area contributed by atoms with Gasteiger partial charge in [0.25, 0.3) is 11.8 Å². The van der Waals surface area contributed by atoms with Crippen LogP contribution in [0.25, 0.3) is 0 Å². The van der Waals surface area contributed by atoms with Gasteiger partial charge in [0.05, 0.1) is 6.04 Å². The highest BCUT2D eigenvalue weighted by atomic mass is 32.2. The number of nitrogens with zero attached hydrogens (tertiary/aromatic N) is 6. The number of thioether (sulfide) groups is 1. The van der Waals surface area contributed by atoms with Crippen molar-refractivity contribution >= 4 is 63.3 Å². The minimum Gasteiger partial charge on any atom is -0.448 e. The van der Waals surface area contributed by atoms with E-state index < -0.39 is 41.6 Å². The van der Waals surface area contributed by atoms with E-state index in [4.69, 9.17) is 15.3 Å². The quantitative estimate of drug-likeness (QED) is 0.0364. The minimum atomic E-state index is -1.33. The maximum Gasteiger partial charge on any atom is 0.356 e. The number of nitrogens with two attached hydrogens (primary N) is 1. The van der Waals surface area contributed by atoms with Crippen LogP contribution in [-0.4, -0.2) is 60.0 Å². The van der Waals surface area contributed by atoms with Crippen LogP contribution < -0.4 is 11.1 Å². The summed E-state index contributed by atoms with van der Waals surface area (Å²) in [4.78, 5) is 56.4. The largest absolute Gasteiger partial charge is 0.448 e. The molecule has 5 aromatic carbocycles. The van der Waals surface area contributed by atoms with E-state index in [0.717, 1.165) is 39.3 Å². The molecule has 2 aromatic heterocycles. The molecule has 2 aliphatic rings. The molecule has 0 aliphatic carbocycles. The average molecular weight is 877 g/mol. The summed E-state index contributed by atoms with van der Waals surface area (Å²) in [6.45, 7) is 0. The standard InChI is InChI=1S/C46H36N8O5S3/c47-44-50-40(53-62-44)37(52-59-46(31-20-10-3-11-21-31,32-22-12-4-13-23-32)33-24-14-5-15-25-33)41(55)49-36-34-26-27-35(61-45-51-48-28-60-45)38(54(34)42(36)56)43(57)58-39(29-16-6-1-7-17-29)30-18-8-2-9-19-30/h1-25,28,34,36,39H,26-27H2,(H,49,55)(H2,47,50,53). The topological polar surface area (TPSA) is 175 Å². The van der Waals surface area contributed by atoms with Crippen molar-refractivity contribution in [2.24, 2.45) is 5.16 Å². The molecule has 62 heavy (non-hydrogen) atoms. The molecule has 16 heteroatoms. The van der Waals surface area contributed by atoms with Crippen molar-refractivity contribution in [1.82, 2.24) is 29.8 Å². The number of rotatable bonds is 14. The van der Waals surface area contributed by atoms with Crippen LogP contribution in [0.15, 0.2) is 177 Å². The molecule has 2 atom stereocenters. The fourth-order valence-electron chi connectivity index (χ4n) is 7.69. The number of nitrogen functional groups attached to an aromatic ring is 1. The molecular weight excluding hydrogens is 841 g/mol. The third kappa shape index (κ3) is 7.98. The first-order chi connectivity index (χ1) is 30.4. The van der Waals surface area contributed by atoms with Crippen molar-refractivity contribution < 1.29 is 24.0 Å². The van der Waals surface area contributed by atoms with Gasteiger partial charge in [-0.1, -0.05) is 180 Å². The van der Waals surface area contributed by atoms with Gasteiger partial charge >= 0.3 is 5.97 Å². The predicted octanol–water partition coefficient (Wildman–Crippen LogP) is 7.51. The van der Waals surface area contributed by atoms with Gasteiger partial charge < -0.3 is 20.6 Å². The molecule has 2 unspecified atom stereocenters. The number of fused-ring (bicyclic) bond motifs is 1. The number of esters is 1. The van der Waals surface area contributed by atoms with Gasteiger partial charge in [-0.2, -0.15) is 9.36 Å². The van der Waals surface area contributed by atoms with Crippen molar-refractivity contribution in [1.29, 1.82) is 0 Å². The minimum absolute atomic E-state index is 0.0758. The Hall–Kier alpha value is -7.01. The molecule has 0 radical (unpaired) electrons. The monoisotopic (exact) mass is 876 g/mol. The molecule has 9 rings (SSSR count). The number of carbonyl (C=O) groups is 3. The molecule has 308 valence electrons. The summed E-state index contributed by atoms with van der Waals surface area (Å²) in [5.74, 6) is -2.03. The predicted molar refractivity (Wildman–Crippen MR) is 237 cm³/mol. The molecule has 7 aromatic rings. The summed E-state index contributed by atoms with van der Waals surface area (Å²) in [5.41, 5.74) is 9.87. The van der Waals surface area contributed by atoms with E-state index in [1.165, 1.54) is 28.0 Å². The summed E-state index contributed by atoms with van der Waals surface area (Å²) < 4.78 is 11.2. The zero-order valence-electron chi connectivity index (χ0n) is 32.7. The van der Waals surface area contributed by atoms with Crippen molar-refractivity contribution in [2.75, 3.05) is 5.73 Å². The van der Waals surface area contributed by atoms with Gasteiger partial charge in [-0.3, -0.25) is 14.5 Å². The number of hydrogen-bond donors (Lipinski definition) is 2. The van der Waals surface area contributed by atoms with Crippen LogP contribution in [0, 0.1) is 0 Å². The number of aromatic nitrogens is 4. The van der Waals surface area contributed by atoms with Crippen LogP contribution in [0.4, 0.5) is 5.13 Å². The maximum absolute atomic E-state index is 14.5. The fourth-order valence-corrected chi connectivity index (χ4v) is 9.83. The first-order valence-corrected chi connectivity index (χ1v) is 22.0. The summed E-state index contributed by atoms with van der Waals surface area (Å²) in [6.07, 6.45) is 0.0714. The number of hydrogen-bond acceptors (Lipinski definition) is 14. The molecule has 1 fully saturated rings. The molecule has 0 spiro atoms. The van der Waals surface area contributed by atoms with E-state index in [2.05, 4.69) is 30.0 Å². The zero-order valence-corrected chi connectivity index (χ0v) is 35.1. The number of β-lactam (4-membered cyclic amide) rings is 1. The third-order valence-electron chi connectivity index (χ3n) is 10.5. The van der Waals surface area contributed by atoms with Crippen molar-refractivity contribution in [2.45, 2.75) is 41.0 Å². The number of amides is 2. The van der Waals surface area contributed by atoms with E-state index in [1.54, 1.807) is 5.51 Å². The number of allylic oxidation sites excluding steroid dienone is 1. The number of oxime groups is 1. The summed E-state index contributed by atoms with van der Waals surface area (Å²) in [6, 6.07) is 45.9. The summed E-state index contributed by atoms with van der Waals surface area (Å²) in [5, 5.41) is 15.7. The number of nitrogens with one attached hydrogen (secondary N) is 1. The second-order valence-electron chi connectivity index (χ2n) is 14.2. The van der Waals surface area contributed by atoms with E-state index in [9.17, 15) is 14.4 Å².